The van der Waals surface area contributed by atoms with E-state index < -0.39 is 5.54 Å². The van der Waals surface area contributed by atoms with Crippen LogP contribution in [-0.4, -0.2) is 31.7 Å². The number of ether oxygens (including phenoxy) is 1. The average molecular weight is 294 g/mol. The van der Waals surface area contributed by atoms with Crippen molar-refractivity contribution in [2.45, 2.75) is 63.3 Å². The van der Waals surface area contributed by atoms with Crippen LogP contribution in [0.15, 0.2) is 5.11 Å². The van der Waals surface area contributed by atoms with E-state index in [4.69, 9.17) is 10.3 Å². The first kappa shape index (κ1) is 16.1. The van der Waals surface area contributed by atoms with Gasteiger partial charge in [-0.3, -0.25) is 4.79 Å². The summed E-state index contributed by atoms with van der Waals surface area (Å²) >= 11 is 0. The van der Waals surface area contributed by atoms with Crippen LogP contribution in [0.5, 0.6) is 0 Å². The summed E-state index contributed by atoms with van der Waals surface area (Å²) in [7, 11) is 1.46. The van der Waals surface area contributed by atoms with E-state index in [0.717, 1.165) is 32.1 Å². The van der Waals surface area contributed by atoms with Gasteiger partial charge in [0.25, 0.3) is 0 Å². The molecule has 0 amide bonds. The highest BCUT2D eigenvalue weighted by molar-refractivity contribution is 5.81. The van der Waals surface area contributed by atoms with Crippen molar-refractivity contribution in [3.05, 3.63) is 10.4 Å². The van der Waals surface area contributed by atoms with E-state index in [1.807, 2.05) is 0 Å². The van der Waals surface area contributed by atoms with Gasteiger partial charge < -0.3 is 10.1 Å². The fourth-order valence-corrected chi connectivity index (χ4v) is 4.00. The summed E-state index contributed by atoms with van der Waals surface area (Å²) < 4.78 is 5.04. The van der Waals surface area contributed by atoms with Crippen molar-refractivity contribution in [1.29, 1.82) is 0 Å². The molecule has 118 valence electrons. The Balaban J connectivity index is 1.92. The van der Waals surface area contributed by atoms with Crippen LogP contribution in [0.4, 0.5) is 0 Å². The van der Waals surface area contributed by atoms with Crippen molar-refractivity contribution < 1.29 is 9.53 Å². The van der Waals surface area contributed by atoms with Crippen LogP contribution < -0.4 is 5.32 Å². The standard InChI is InChI=1S/C15H26N4O2/c1-21-13(20)15(17-11-4-12-18-19-16)9-7-14(8-10-15)5-2-3-6-14/h17H,2-12H2,1H3. The summed E-state index contributed by atoms with van der Waals surface area (Å²) in [6.07, 6.45) is 10.0. The highest BCUT2D eigenvalue weighted by Gasteiger charge is 2.48. The molecule has 1 N–H and O–H groups in total. The van der Waals surface area contributed by atoms with Crippen LogP contribution in [0.2, 0.25) is 0 Å². The average Bonchev–Trinajstić information content (AvgIpc) is 2.97. The van der Waals surface area contributed by atoms with Gasteiger partial charge in [-0.2, -0.15) is 0 Å². The predicted octanol–water partition coefficient (Wildman–Crippen LogP) is 3.32. The maximum absolute atomic E-state index is 12.2. The lowest BCUT2D eigenvalue weighted by Gasteiger charge is -2.43. The molecule has 2 rings (SSSR count). The minimum Gasteiger partial charge on any atom is -0.468 e. The van der Waals surface area contributed by atoms with Crippen LogP contribution in [-0.2, 0) is 9.53 Å². The van der Waals surface area contributed by atoms with Crippen LogP contribution in [0, 0.1) is 5.41 Å². The zero-order chi connectivity index (χ0) is 15.2. The van der Waals surface area contributed by atoms with Gasteiger partial charge in [-0.1, -0.05) is 18.0 Å². The van der Waals surface area contributed by atoms with Gasteiger partial charge in [-0.25, -0.2) is 0 Å². The van der Waals surface area contributed by atoms with Gasteiger partial charge in [0, 0.05) is 11.5 Å². The first-order chi connectivity index (χ1) is 10.2. The van der Waals surface area contributed by atoms with Crippen molar-refractivity contribution in [3.63, 3.8) is 0 Å². The second kappa shape index (κ2) is 7.14. The zero-order valence-electron chi connectivity index (χ0n) is 12.9. The number of rotatable bonds is 6. The summed E-state index contributed by atoms with van der Waals surface area (Å²) in [5, 5.41) is 6.92. The lowest BCUT2D eigenvalue weighted by Crippen LogP contribution is -2.56. The minimum absolute atomic E-state index is 0.140. The molecule has 0 aliphatic heterocycles. The van der Waals surface area contributed by atoms with Gasteiger partial charge in [0.15, 0.2) is 0 Å². The molecule has 0 atom stereocenters. The Hall–Kier alpha value is -1.26. The molecular formula is C15H26N4O2. The second-order valence-corrected chi connectivity index (χ2v) is 6.52. The highest BCUT2D eigenvalue weighted by atomic mass is 16.5. The highest BCUT2D eigenvalue weighted by Crippen LogP contribution is 2.51. The van der Waals surface area contributed by atoms with Crippen molar-refractivity contribution in [1.82, 2.24) is 5.32 Å². The topological polar surface area (TPSA) is 87.1 Å². The number of methoxy groups -OCH3 is 1. The van der Waals surface area contributed by atoms with Gasteiger partial charge in [-0.05, 0) is 62.4 Å². The maximum Gasteiger partial charge on any atom is 0.326 e. The number of carbonyl (C=O) groups is 1. The Morgan fingerprint density at radius 3 is 2.48 bits per heavy atom. The molecule has 0 aromatic heterocycles. The summed E-state index contributed by atoms with van der Waals surface area (Å²) in [6.45, 7) is 1.14. The van der Waals surface area contributed by atoms with Gasteiger partial charge in [0.1, 0.15) is 5.54 Å². The first-order valence-corrected chi connectivity index (χ1v) is 8.01. The van der Waals surface area contributed by atoms with Gasteiger partial charge in [0.2, 0.25) is 0 Å². The Bertz CT molecular complexity index is 402. The number of nitrogens with one attached hydrogen (secondary N) is 1. The molecule has 0 bridgehead atoms. The molecule has 2 saturated carbocycles. The van der Waals surface area contributed by atoms with E-state index in [1.54, 1.807) is 0 Å². The fourth-order valence-electron chi connectivity index (χ4n) is 4.00. The second-order valence-electron chi connectivity index (χ2n) is 6.52. The number of nitrogens with zero attached hydrogens (tertiary/aromatic N) is 3. The SMILES string of the molecule is COC(=O)C1(NCCCN=[N+]=[N-])CCC2(CCCC2)CC1. The van der Waals surface area contributed by atoms with E-state index in [1.165, 1.54) is 32.8 Å². The normalized spacial score (nSPS) is 22.7. The third-order valence-electron chi connectivity index (χ3n) is 5.37. The van der Waals surface area contributed by atoms with Crippen LogP contribution >= 0.6 is 0 Å². The summed E-state index contributed by atoms with van der Waals surface area (Å²) in [4.78, 5) is 15.0. The quantitative estimate of drug-likeness (QED) is 0.268. The first-order valence-electron chi connectivity index (χ1n) is 8.01. The van der Waals surface area contributed by atoms with Crippen LogP contribution in [0.1, 0.15) is 57.8 Å². The van der Waals surface area contributed by atoms with Crippen LogP contribution in [0.3, 0.4) is 0 Å². The lowest BCUT2D eigenvalue weighted by atomic mass is 9.66. The molecule has 21 heavy (non-hydrogen) atoms. The molecule has 2 aliphatic carbocycles. The lowest BCUT2D eigenvalue weighted by molar-refractivity contribution is -0.151. The van der Waals surface area contributed by atoms with Crippen molar-refractivity contribution in [3.8, 4) is 0 Å². The largest absolute Gasteiger partial charge is 0.468 e. The Labute approximate surface area is 126 Å². The molecule has 0 unspecified atom stereocenters. The molecule has 0 aromatic rings. The monoisotopic (exact) mass is 294 g/mol. The third-order valence-corrected chi connectivity index (χ3v) is 5.37. The number of hydrogen-bond donors (Lipinski definition) is 1. The predicted molar refractivity (Wildman–Crippen MR) is 80.7 cm³/mol. The van der Waals surface area contributed by atoms with Gasteiger partial charge in [0.05, 0.1) is 7.11 Å². The van der Waals surface area contributed by atoms with E-state index in [0.29, 0.717) is 18.5 Å². The molecule has 2 fully saturated rings. The van der Waals surface area contributed by atoms with E-state index in [9.17, 15) is 4.79 Å². The Kier molecular flexibility index (Phi) is 5.48. The Morgan fingerprint density at radius 2 is 1.90 bits per heavy atom. The third kappa shape index (κ3) is 3.69. The van der Waals surface area contributed by atoms with Gasteiger partial charge in [-0.15, -0.1) is 0 Å². The molecule has 6 heteroatoms. The summed E-state index contributed by atoms with van der Waals surface area (Å²) in [5.41, 5.74) is 8.23. The van der Waals surface area contributed by atoms with Crippen molar-refractivity contribution >= 4 is 5.97 Å². The van der Waals surface area contributed by atoms with E-state index in [-0.39, 0.29) is 5.97 Å². The van der Waals surface area contributed by atoms with Crippen molar-refractivity contribution in [2.24, 2.45) is 10.5 Å². The summed E-state index contributed by atoms with van der Waals surface area (Å²) in [6, 6.07) is 0. The molecule has 0 saturated heterocycles. The van der Waals surface area contributed by atoms with E-state index >= 15 is 0 Å². The molecule has 0 heterocycles. The molecule has 0 radical (unpaired) electrons. The zero-order valence-corrected chi connectivity index (χ0v) is 12.9. The number of esters is 1. The number of hydrogen-bond acceptors (Lipinski definition) is 4. The van der Waals surface area contributed by atoms with Gasteiger partial charge >= 0.3 is 5.97 Å². The smallest absolute Gasteiger partial charge is 0.326 e. The molecule has 0 aromatic carbocycles. The number of carbonyl (C=O) groups excluding carboxylic acids is 1. The minimum atomic E-state index is -0.529. The molecule has 2 aliphatic rings. The van der Waals surface area contributed by atoms with E-state index in [2.05, 4.69) is 15.3 Å². The number of azide groups is 1. The molecule has 1 spiro atoms. The Morgan fingerprint density at radius 1 is 1.24 bits per heavy atom. The van der Waals surface area contributed by atoms with Crippen LogP contribution in [0.25, 0.3) is 10.4 Å². The fraction of sp³-hybridized carbons (Fsp3) is 0.933. The molecular weight excluding hydrogens is 268 g/mol. The van der Waals surface area contributed by atoms with Crippen molar-refractivity contribution in [2.75, 3.05) is 20.2 Å². The molecule has 6 nitrogen and oxygen atoms in total. The summed E-state index contributed by atoms with van der Waals surface area (Å²) in [5.74, 6) is -0.140. The maximum atomic E-state index is 12.2.